The maximum atomic E-state index is 11.6. The number of ether oxygens (including phenoxy) is 1. The van der Waals surface area contributed by atoms with E-state index in [4.69, 9.17) is 4.74 Å². The standard InChI is InChI=1S/C13H23N3O3/c1-2-19-13(18)16-7-5-11(6-8-16)15-12(17)14-9-10-3-4-10/h10-11H,2-9H2,1H3,(H2,14,15,17). The van der Waals surface area contributed by atoms with Gasteiger partial charge in [0.2, 0.25) is 0 Å². The van der Waals surface area contributed by atoms with Gasteiger partial charge in [-0.2, -0.15) is 0 Å². The van der Waals surface area contributed by atoms with Crippen molar-refractivity contribution in [2.75, 3.05) is 26.2 Å². The maximum Gasteiger partial charge on any atom is 0.409 e. The molecule has 0 spiro atoms. The van der Waals surface area contributed by atoms with Gasteiger partial charge in [0.05, 0.1) is 6.61 Å². The van der Waals surface area contributed by atoms with E-state index in [-0.39, 0.29) is 18.2 Å². The van der Waals surface area contributed by atoms with Gasteiger partial charge in [-0.25, -0.2) is 9.59 Å². The summed E-state index contributed by atoms with van der Waals surface area (Å²) in [6.07, 6.45) is 3.79. The molecule has 0 aromatic heterocycles. The van der Waals surface area contributed by atoms with Gasteiger partial charge in [0.1, 0.15) is 0 Å². The molecule has 1 heterocycles. The van der Waals surface area contributed by atoms with E-state index in [1.807, 2.05) is 0 Å². The van der Waals surface area contributed by atoms with Crippen LogP contribution in [0.15, 0.2) is 0 Å². The molecular formula is C13H23N3O3. The Balaban J connectivity index is 1.62. The predicted octanol–water partition coefficient (Wildman–Crippen LogP) is 1.32. The van der Waals surface area contributed by atoms with Crippen molar-refractivity contribution in [1.82, 2.24) is 15.5 Å². The molecule has 3 amide bonds. The first-order valence-corrected chi connectivity index (χ1v) is 7.15. The topological polar surface area (TPSA) is 70.7 Å². The number of nitrogens with zero attached hydrogens (tertiary/aromatic N) is 1. The average Bonchev–Trinajstić information content (AvgIpc) is 3.21. The van der Waals surface area contributed by atoms with Crippen LogP contribution in [-0.4, -0.2) is 49.3 Å². The van der Waals surface area contributed by atoms with Gasteiger partial charge >= 0.3 is 12.1 Å². The molecule has 108 valence electrons. The van der Waals surface area contributed by atoms with E-state index in [0.717, 1.165) is 19.4 Å². The molecule has 1 saturated carbocycles. The van der Waals surface area contributed by atoms with Crippen molar-refractivity contribution in [2.24, 2.45) is 5.92 Å². The third-order valence-corrected chi connectivity index (χ3v) is 3.60. The highest BCUT2D eigenvalue weighted by atomic mass is 16.6. The van der Waals surface area contributed by atoms with Gasteiger partial charge in [0, 0.05) is 25.7 Å². The quantitative estimate of drug-likeness (QED) is 0.808. The van der Waals surface area contributed by atoms with E-state index in [0.29, 0.717) is 25.6 Å². The minimum atomic E-state index is -0.251. The molecule has 1 aliphatic heterocycles. The van der Waals surface area contributed by atoms with E-state index in [1.54, 1.807) is 11.8 Å². The first kappa shape index (κ1) is 14.0. The van der Waals surface area contributed by atoms with Crippen LogP contribution in [-0.2, 0) is 4.74 Å². The zero-order valence-electron chi connectivity index (χ0n) is 11.5. The molecule has 0 radical (unpaired) electrons. The SMILES string of the molecule is CCOC(=O)N1CCC(NC(=O)NCC2CC2)CC1. The smallest absolute Gasteiger partial charge is 0.409 e. The molecule has 6 nitrogen and oxygen atoms in total. The van der Waals surface area contributed by atoms with E-state index in [1.165, 1.54) is 12.8 Å². The number of nitrogens with one attached hydrogen (secondary N) is 2. The van der Waals surface area contributed by atoms with Crippen LogP contribution in [0.4, 0.5) is 9.59 Å². The number of likely N-dealkylation sites (tertiary alicyclic amines) is 1. The highest BCUT2D eigenvalue weighted by Gasteiger charge is 2.25. The van der Waals surface area contributed by atoms with E-state index >= 15 is 0 Å². The molecule has 0 unspecified atom stereocenters. The number of carbonyl (C=O) groups excluding carboxylic acids is 2. The van der Waals surface area contributed by atoms with Crippen molar-refractivity contribution in [3.05, 3.63) is 0 Å². The van der Waals surface area contributed by atoms with E-state index in [2.05, 4.69) is 10.6 Å². The Kier molecular flexibility index (Phi) is 4.87. The summed E-state index contributed by atoms with van der Waals surface area (Å²) in [5.41, 5.74) is 0. The van der Waals surface area contributed by atoms with Crippen molar-refractivity contribution in [2.45, 2.75) is 38.6 Å². The summed E-state index contributed by atoms with van der Waals surface area (Å²) in [7, 11) is 0. The fourth-order valence-electron chi connectivity index (χ4n) is 2.22. The van der Waals surface area contributed by atoms with Crippen LogP contribution in [0.5, 0.6) is 0 Å². The first-order chi connectivity index (χ1) is 9.19. The van der Waals surface area contributed by atoms with Gasteiger partial charge in [-0.3, -0.25) is 0 Å². The first-order valence-electron chi connectivity index (χ1n) is 7.15. The molecule has 0 bridgehead atoms. The Morgan fingerprint density at radius 1 is 1.21 bits per heavy atom. The summed E-state index contributed by atoms with van der Waals surface area (Å²) >= 11 is 0. The summed E-state index contributed by atoms with van der Waals surface area (Å²) in [6.45, 7) is 4.28. The van der Waals surface area contributed by atoms with E-state index < -0.39 is 0 Å². The maximum absolute atomic E-state index is 11.6. The van der Waals surface area contributed by atoms with Crippen LogP contribution in [0.25, 0.3) is 0 Å². The predicted molar refractivity (Wildman–Crippen MR) is 70.9 cm³/mol. The van der Waals surface area contributed by atoms with Crippen LogP contribution in [0, 0.1) is 5.92 Å². The lowest BCUT2D eigenvalue weighted by atomic mass is 10.1. The number of amides is 3. The molecule has 6 heteroatoms. The van der Waals surface area contributed by atoms with Gasteiger partial charge in [0.15, 0.2) is 0 Å². The Morgan fingerprint density at radius 3 is 2.47 bits per heavy atom. The monoisotopic (exact) mass is 269 g/mol. The molecular weight excluding hydrogens is 246 g/mol. The van der Waals surface area contributed by atoms with Gasteiger partial charge in [-0.1, -0.05) is 0 Å². The summed E-state index contributed by atoms with van der Waals surface area (Å²) in [4.78, 5) is 24.8. The van der Waals surface area contributed by atoms with Gasteiger partial charge in [-0.15, -0.1) is 0 Å². The second-order valence-electron chi connectivity index (χ2n) is 5.26. The molecule has 0 aromatic carbocycles. The highest BCUT2D eigenvalue weighted by molar-refractivity contribution is 5.74. The van der Waals surface area contributed by atoms with Crippen molar-refractivity contribution >= 4 is 12.1 Å². The molecule has 0 atom stereocenters. The number of rotatable bonds is 4. The van der Waals surface area contributed by atoms with E-state index in [9.17, 15) is 9.59 Å². The van der Waals surface area contributed by atoms with Crippen molar-refractivity contribution in [1.29, 1.82) is 0 Å². The molecule has 19 heavy (non-hydrogen) atoms. The lowest BCUT2D eigenvalue weighted by Crippen LogP contribution is -2.49. The Hall–Kier alpha value is -1.46. The Bertz CT molecular complexity index is 323. The van der Waals surface area contributed by atoms with Crippen LogP contribution in [0.1, 0.15) is 32.6 Å². The summed E-state index contributed by atoms with van der Waals surface area (Å²) in [6, 6.07) is 0.0753. The summed E-state index contributed by atoms with van der Waals surface area (Å²) in [5.74, 6) is 0.691. The van der Waals surface area contributed by atoms with Crippen LogP contribution < -0.4 is 10.6 Å². The van der Waals surface area contributed by atoms with Crippen LogP contribution in [0.2, 0.25) is 0 Å². The van der Waals surface area contributed by atoms with Gasteiger partial charge in [-0.05, 0) is 38.5 Å². The number of urea groups is 1. The normalized spacial score (nSPS) is 19.9. The summed E-state index contributed by atoms with van der Waals surface area (Å²) < 4.78 is 4.96. The number of hydrogen-bond acceptors (Lipinski definition) is 3. The van der Waals surface area contributed by atoms with Gasteiger partial charge < -0.3 is 20.3 Å². The van der Waals surface area contributed by atoms with Crippen molar-refractivity contribution < 1.29 is 14.3 Å². The second-order valence-corrected chi connectivity index (χ2v) is 5.26. The number of hydrogen-bond donors (Lipinski definition) is 2. The lowest BCUT2D eigenvalue weighted by Gasteiger charge is -2.31. The third kappa shape index (κ3) is 4.61. The fourth-order valence-corrected chi connectivity index (χ4v) is 2.22. The lowest BCUT2D eigenvalue weighted by molar-refractivity contribution is 0.0957. The molecule has 2 N–H and O–H groups in total. The Morgan fingerprint density at radius 2 is 1.89 bits per heavy atom. The molecule has 0 aromatic rings. The minimum Gasteiger partial charge on any atom is -0.450 e. The fraction of sp³-hybridized carbons (Fsp3) is 0.846. The highest BCUT2D eigenvalue weighted by Crippen LogP contribution is 2.27. The molecule has 2 fully saturated rings. The molecule has 2 rings (SSSR count). The van der Waals surface area contributed by atoms with Gasteiger partial charge in [0.25, 0.3) is 0 Å². The molecule has 1 saturated heterocycles. The number of piperidine rings is 1. The van der Waals surface area contributed by atoms with Crippen molar-refractivity contribution in [3.8, 4) is 0 Å². The van der Waals surface area contributed by atoms with Crippen LogP contribution in [0.3, 0.4) is 0 Å². The largest absolute Gasteiger partial charge is 0.450 e. The zero-order chi connectivity index (χ0) is 13.7. The second kappa shape index (κ2) is 6.63. The summed E-state index contributed by atoms with van der Waals surface area (Å²) in [5, 5.41) is 5.86. The minimum absolute atomic E-state index is 0.0820. The molecule has 2 aliphatic rings. The number of carbonyl (C=O) groups is 2. The van der Waals surface area contributed by atoms with Crippen molar-refractivity contribution in [3.63, 3.8) is 0 Å². The molecule has 1 aliphatic carbocycles. The average molecular weight is 269 g/mol. The Labute approximate surface area is 113 Å². The third-order valence-electron chi connectivity index (χ3n) is 3.60. The van der Waals surface area contributed by atoms with Crippen LogP contribution >= 0.6 is 0 Å². The zero-order valence-corrected chi connectivity index (χ0v) is 11.5.